The molecule has 0 aliphatic carbocycles. The minimum absolute atomic E-state index is 0.0137. The van der Waals surface area contributed by atoms with Gasteiger partial charge in [-0.15, -0.1) is 0 Å². The monoisotopic (exact) mass is 2080 g/mol. The summed E-state index contributed by atoms with van der Waals surface area (Å²) in [5, 5.41) is 37.1. The van der Waals surface area contributed by atoms with Gasteiger partial charge in [-0.25, -0.2) is 58.3 Å². The molecule has 4 N–H and O–H groups in total. The SMILES string of the molecule is CCOC(=O)c1ccc(CCC(=O)Cc2ccccc2C(=O)OC)cc1.CN(C)S(=O)(=O)c1ccccc1CC(=O)c1ccc(C#N)cc1.COC(=O)c1cccc(CCC(=O)Cc2ccccc2C(=O)OC)c1.COC(=O)c1ccccc1NC(=O)Nc1ccc(C(C)=O)cc1.N#Cc1ccc(C(=O)Nc2ccccc2S(=O)(=O)N2CCOCC2)cc1.N#Cc1cccc(C(=O)Nc2ccccc2S(=O)(=O)N2CCOCC2)c1. The van der Waals surface area contributed by atoms with Crippen molar-refractivity contribution in [2.45, 2.75) is 73.5 Å². The van der Waals surface area contributed by atoms with Crippen LogP contribution in [0.2, 0.25) is 0 Å². The molecule has 2 fully saturated rings. The smallest absolute Gasteiger partial charge is 0.339 e. The first-order valence-electron chi connectivity index (χ1n) is 46.2. The number of sulfonamides is 3. The number of hydrogen-bond donors (Lipinski definition) is 4. The standard InChI is InChI=1S/C21H22O5.C20H20O5.2C18H17N3O4S.C17H16N2O4.C17H16N2O3S/c1-3-26-20(23)16-11-8-15(9-12-16)10-13-18(22)14-17-6-4-5-7-19(17)21(24)25-2;1-24-19(22)16-8-5-6-14(12-16)10-11-17(21)13-15-7-3-4-9-18(15)20(23)25-2;19-13-14-4-3-5-15(12-14)18(22)20-16-6-1-2-7-17(16)26(23,24)21-8-10-25-11-9-21;19-13-14-5-7-15(8-6-14)18(22)20-16-3-1-2-4-17(16)26(23,24)21-9-11-25-12-10-21;1-11(20)12-7-9-13(10-8-12)18-17(22)19-15-6-4-3-5-14(15)16(21)23-2;1-19(2)23(21,22)17-6-4-3-5-15(17)11-16(20)14-9-7-13(12-18)8-10-14/h4-9,11-12H,3,10,13-14H2,1-2H3;3-9,12H,10-11,13H2,1-2H3;1-7,12H,8-11H2,(H,20,22);1-8H,9-12H2,(H,20,22);3-10H,1-2H3,(H2,18,19,22);3-10H,11H2,1-2H3. The number of anilines is 4. The lowest BCUT2D eigenvalue weighted by Gasteiger charge is -2.26. The molecule has 770 valence electrons. The molecule has 0 saturated carbocycles. The number of ketones is 4. The van der Waals surface area contributed by atoms with Gasteiger partial charge in [0.2, 0.25) is 30.1 Å². The quantitative estimate of drug-likeness (QED) is 0.0173. The van der Waals surface area contributed by atoms with E-state index in [9.17, 15) is 82.8 Å². The molecule has 0 atom stereocenters. The van der Waals surface area contributed by atoms with E-state index < -0.39 is 71.8 Å². The van der Waals surface area contributed by atoms with Crippen molar-refractivity contribution < 1.29 is 116 Å². The van der Waals surface area contributed by atoms with Crippen molar-refractivity contribution in [3.8, 4) is 18.2 Å². The van der Waals surface area contributed by atoms with Crippen LogP contribution in [0.3, 0.4) is 0 Å². The number of Topliss-reactive ketones (excluding diaryl/α,β-unsaturated/α-hetero) is 4. The number of amides is 4. The van der Waals surface area contributed by atoms with Crippen molar-refractivity contribution in [3.63, 3.8) is 0 Å². The van der Waals surface area contributed by atoms with Gasteiger partial charge in [0.1, 0.15) is 21.4 Å². The lowest BCUT2D eigenvalue weighted by molar-refractivity contribution is -0.119. The molecular weight excluding hydrogens is 1970 g/mol. The zero-order chi connectivity index (χ0) is 108. The number of carbonyl (C=O) groups is 12. The Labute approximate surface area is 863 Å². The number of rotatable bonds is 32. The van der Waals surface area contributed by atoms with Crippen molar-refractivity contribution in [1.82, 2.24) is 12.9 Å². The first-order valence-corrected chi connectivity index (χ1v) is 50.5. The highest BCUT2D eigenvalue weighted by Gasteiger charge is 2.32. The molecule has 2 saturated heterocycles. The number of para-hydroxylation sites is 3. The second kappa shape index (κ2) is 57.6. The number of methoxy groups -OCH3 is 4. The molecule has 149 heavy (non-hydrogen) atoms. The summed E-state index contributed by atoms with van der Waals surface area (Å²) in [7, 11) is -2.95. The predicted molar refractivity (Wildman–Crippen MR) is 553 cm³/mol. The second-order valence-corrected chi connectivity index (χ2v) is 38.5. The highest BCUT2D eigenvalue weighted by atomic mass is 32.2. The van der Waals surface area contributed by atoms with Crippen molar-refractivity contribution in [3.05, 3.63) is 386 Å². The van der Waals surface area contributed by atoms with Crippen LogP contribution in [0, 0.1) is 34.0 Å². The largest absolute Gasteiger partial charge is 0.465 e. The molecule has 14 rings (SSSR count). The normalized spacial score (nSPS) is 12.0. The average molecular weight is 2080 g/mol. The van der Waals surface area contributed by atoms with E-state index in [0.717, 1.165) is 15.4 Å². The fourth-order valence-electron chi connectivity index (χ4n) is 14.4. The molecule has 12 aromatic rings. The minimum Gasteiger partial charge on any atom is -0.465 e. The van der Waals surface area contributed by atoms with Gasteiger partial charge < -0.3 is 54.4 Å². The third-order valence-corrected chi connectivity index (χ3v) is 28.2. The topological polar surface area (TPSA) is 501 Å². The second-order valence-electron chi connectivity index (χ2n) is 32.6. The van der Waals surface area contributed by atoms with E-state index in [1.54, 1.807) is 231 Å². The van der Waals surface area contributed by atoms with Gasteiger partial charge in [0.15, 0.2) is 11.6 Å². The summed E-state index contributed by atoms with van der Waals surface area (Å²) < 4.78 is 114. The van der Waals surface area contributed by atoms with Crippen LogP contribution in [0.4, 0.5) is 27.5 Å². The first-order chi connectivity index (χ1) is 71.5. The summed E-state index contributed by atoms with van der Waals surface area (Å²) in [6, 6.07) is 84.0. The van der Waals surface area contributed by atoms with E-state index in [-0.39, 0.29) is 112 Å². The first kappa shape index (κ1) is 116. The lowest BCUT2D eigenvalue weighted by Crippen LogP contribution is -2.40. The van der Waals surface area contributed by atoms with Crippen LogP contribution in [0.15, 0.2) is 306 Å². The van der Waals surface area contributed by atoms with E-state index in [0.29, 0.717) is 142 Å². The summed E-state index contributed by atoms with van der Waals surface area (Å²) in [5.74, 6) is -3.30. The van der Waals surface area contributed by atoms with Gasteiger partial charge in [-0.1, -0.05) is 133 Å². The molecule has 2 aliphatic heterocycles. The van der Waals surface area contributed by atoms with E-state index >= 15 is 0 Å². The van der Waals surface area contributed by atoms with Gasteiger partial charge in [0, 0.05) is 100 Å². The Morgan fingerprint density at radius 1 is 0.362 bits per heavy atom. The van der Waals surface area contributed by atoms with Crippen LogP contribution in [0.5, 0.6) is 0 Å². The van der Waals surface area contributed by atoms with Crippen LogP contribution in [-0.2, 0) is 105 Å². The third-order valence-electron chi connectivity index (χ3n) is 22.3. The summed E-state index contributed by atoms with van der Waals surface area (Å²) >= 11 is 0. The molecule has 0 radical (unpaired) electrons. The third kappa shape index (κ3) is 34.3. The van der Waals surface area contributed by atoms with E-state index in [2.05, 4.69) is 26.0 Å². The number of ether oxygens (including phenoxy) is 7. The molecule has 2 aliphatic rings. The summed E-state index contributed by atoms with van der Waals surface area (Å²) in [6.45, 7) is 6.04. The number of nitrogens with zero attached hydrogens (tertiary/aromatic N) is 6. The Morgan fingerprint density at radius 2 is 0.765 bits per heavy atom. The fourth-order valence-corrected chi connectivity index (χ4v) is 18.7. The van der Waals surface area contributed by atoms with E-state index in [4.69, 9.17) is 44.2 Å². The maximum absolute atomic E-state index is 12.9. The molecule has 0 aromatic heterocycles. The van der Waals surface area contributed by atoms with Crippen molar-refractivity contribution >= 4 is 124 Å². The van der Waals surface area contributed by atoms with Gasteiger partial charge in [0.05, 0.1) is 146 Å². The Bertz CT molecular complexity index is 7300. The predicted octanol–water partition coefficient (Wildman–Crippen LogP) is 15.6. The molecule has 0 bridgehead atoms. The van der Waals surface area contributed by atoms with E-state index in [1.807, 2.05) is 36.4 Å². The number of aryl methyl sites for hydroxylation is 2. The lowest BCUT2D eigenvalue weighted by atomic mass is 9.98. The van der Waals surface area contributed by atoms with Gasteiger partial charge in [-0.3, -0.25) is 28.8 Å². The summed E-state index contributed by atoms with van der Waals surface area (Å²) in [6.07, 6.45) is 2.10. The van der Waals surface area contributed by atoms with Crippen LogP contribution in [0.1, 0.15) is 164 Å². The van der Waals surface area contributed by atoms with Gasteiger partial charge in [-0.05, 0) is 212 Å². The van der Waals surface area contributed by atoms with Crippen LogP contribution < -0.4 is 21.3 Å². The zero-order valence-corrected chi connectivity index (χ0v) is 85.1. The van der Waals surface area contributed by atoms with Crippen LogP contribution in [0.25, 0.3) is 0 Å². The van der Waals surface area contributed by atoms with Gasteiger partial charge in [0.25, 0.3) is 11.8 Å². The number of morpholine rings is 2. The summed E-state index contributed by atoms with van der Waals surface area (Å²) in [4.78, 5) is 144. The van der Waals surface area contributed by atoms with Crippen molar-refractivity contribution in [2.24, 2.45) is 0 Å². The molecule has 38 heteroatoms. The zero-order valence-electron chi connectivity index (χ0n) is 82.6. The summed E-state index contributed by atoms with van der Waals surface area (Å²) in [5.41, 5.74) is 9.85. The van der Waals surface area contributed by atoms with Crippen molar-refractivity contribution in [2.75, 3.05) is 123 Å². The van der Waals surface area contributed by atoms with Crippen molar-refractivity contribution in [1.29, 1.82) is 15.8 Å². The minimum atomic E-state index is -3.75. The van der Waals surface area contributed by atoms with E-state index in [1.165, 1.54) is 107 Å². The Morgan fingerprint density at radius 3 is 1.23 bits per heavy atom. The molecule has 0 spiro atoms. The molecule has 35 nitrogen and oxygen atoms in total. The van der Waals surface area contributed by atoms with Crippen LogP contribution in [-0.4, -0.2) is 211 Å². The molecule has 0 unspecified atom stereocenters. The highest BCUT2D eigenvalue weighted by molar-refractivity contribution is 7.89. The fraction of sp³-hybridized carbons (Fsp3) is 0.216. The molecule has 4 amide bonds. The van der Waals surface area contributed by atoms with Gasteiger partial charge in [-0.2, -0.15) is 24.4 Å². The Kier molecular flexibility index (Phi) is 44.7. The number of esters is 5. The molecular formula is C111H108N10O25S3. The number of nitriles is 3. The maximum Gasteiger partial charge on any atom is 0.339 e. The number of urea groups is 1. The Balaban J connectivity index is 0.000000199. The molecule has 2 heterocycles. The highest BCUT2D eigenvalue weighted by Crippen LogP contribution is 2.30. The number of hydrogen-bond acceptors (Lipinski definition) is 28. The number of nitrogens with one attached hydrogen (secondary N) is 4. The number of carbonyl (C=O) groups excluding carboxylic acids is 12. The van der Waals surface area contributed by atoms with Gasteiger partial charge >= 0.3 is 35.9 Å². The van der Waals surface area contributed by atoms with Crippen LogP contribution >= 0.6 is 0 Å². The maximum atomic E-state index is 12.9. The number of benzene rings is 12. The molecule has 12 aromatic carbocycles. The Hall–Kier alpha value is -17.0. The average Bonchev–Trinajstić information content (AvgIpc) is 0.793.